The van der Waals surface area contributed by atoms with Gasteiger partial charge in [-0.1, -0.05) is 13.8 Å². The third-order valence-electron chi connectivity index (χ3n) is 2.44. The van der Waals surface area contributed by atoms with Crippen molar-refractivity contribution >= 4 is 0 Å². The minimum atomic E-state index is 0.570. The Balaban J connectivity index is 2.25. The van der Waals surface area contributed by atoms with E-state index in [1.54, 1.807) is 0 Å². The molecular formula is C9H14O2. The summed E-state index contributed by atoms with van der Waals surface area (Å²) >= 11 is 0. The van der Waals surface area contributed by atoms with Gasteiger partial charge in [0.15, 0.2) is 0 Å². The van der Waals surface area contributed by atoms with E-state index in [1.807, 2.05) is 0 Å². The van der Waals surface area contributed by atoms with Gasteiger partial charge in [0.2, 0.25) is 0 Å². The summed E-state index contributed by atoms with van der Waals surface area (Å²) in [6.45, 7) is 5.87. The summed E-state index contributed by atoms with van der Waals surface area (Å²) < 4.78 is 11.1. The van der Waals surface area contributed by atoms with Crippen molar-refractivity contribution in [2.75, 3.05) is 13.2 Å². The van der Waals surface area contributed by atoms with E-state index in [1.165, 1.54) is 6.42 Å². The van der Waals surface area contributed by atoms with Crippen molar-refractivity contribution in [2.24, 2.45) is 11.8 Å². The molecule has 0 aromatic heterocycles. The summed E-state index contributed by atoms with van der Waals surface area (Å²) in [4.78, 5) is 0. The van der Waals surface area contributed by atoms with Gasteiger partial charge in [-0.15, -0.1) is 0 Å². The lowest BCUT2D eigenvalue weighted by Gasteiger charge is -2.20. The average molecular weight is 154 g/mol. The summed E-state index contributed by atoms with van der Waals surface area (Å²) in [5.74, 6) is 3.37. The second-order valence-corrected chi connectivity index (χ2v) is 3.46. The highest BCUT2D eigenvalue weighted by molar-refractivity contribution is 5.15. The zero-order chi connectivity index (χ0) is 7.84. The Morgan fingerprint density at radius 2 is 1.45 bits per heavy atom. The van der Waals surface area contributed by atoms with Gasteiger partial charge in [0.1, 0.15) is 24.7 Å². The van der Waals surface area contributed by atoms with Gasteiger partial charge >= 0.3 is 0 Å². The van der Waals surface area contributed by atoms with Crippen LogP contribution in [0.5, 0.6) is 0 Å². The quantitative estimate of drug-likeness (QED) is 0.530. The lowest BCUT2D eigenvalue weighted by atomic mass is 10.1. The van der Waals surface area contributed by atoms with Crippen LogP contribution < -0.4 is 0 Å². The number of rotatable bonds is 0. The van der Waals surface area contributed by atoms with Crippen molar-refractivity contribution in [2.45, 2.75) is 20.3 Å². The van der Waals surface area contributed by atoms with Crippen LogP contribution in [0, 0.1) is 11.8 Å². The van der Waals surface area contributed by atoms with Crippen LogP contribution in [0.25, 0.3) is 0 Å². The summed E-state index contributed by atoms with van der Waals surface area (Å²) in [6.07, 6.45) is 1.19. The molecule has 2 unspecified atom stereocenters. The molecule has 0 N–H and O–H groups in total. The molecular weight excluding hydrogens is 140 g/mol. The minimum Gasteiger partial charge on any atom is -0.491 e. The van der Waals surface area contributed by atoms with Gasteiger partial charge in [-0.3, -0.25) is 0 Å². The molecule has 2 rings (SSSR count). The molecule has 2 heteroatoms. The Hall–Kier alpha value is -0.660. The van der Waals surface area contributed by atoms with Crippen molar-refractivity contribution in [3.63, 3.8) is 0 Å². The molecule has 0 saturated carbocycles. The van der Waals surface area contributed by atoms with E-state index in [-0.39, 0.29) is 0 Å². The predicted octanol–water partition coefficient (Wildman–Crippen LogP) is 1.92. The van der Waals surface area contributed by atoms with Crippen LogP contribution in [-0.4, -0.2) is 13.2 Å². The molecule has 11 heavy (non-hydrogen) atoms. The van der Waals surface area contributed by atoms with Gasteiger partial charge in [-0.2, -0.15) is 0 Å². The smallest absolute Gasteiger partial charge is 0.137 e. The topological polar surface area (TPSA) is 18.5 Å². The fourth-order valence-electron chi connectivity index (χ4n) is 1.96. The standard InChI is InChI=1S/C9H14O2/c1-6-5-7(2)9-8(6)10-3-4-11-9/h6-7H,3-5H2,1-2H3. The first-order chi connectivity index (χ1) is 5.29. The predicted molar refractivity (Wildman–Crippen MR) is 41.9 cm³/mol. The van der Waals surface area contributed by atoms with Crippen molar-refractivity contribution in [3.8, 4) is 0 Å². The van der Waals surface area contributed by atoms with E-state index in [0.717, 1.165) is 24.7 Å². The Kier molecular flexibility index (Phi) is 1.55. The molecule has 1 heterocycles. The molecule has 1 aliphatic carbocycles. The highest BCUT2D eigenvalue weighted by Crippen LogP contribution is 2.38. The normalized spacial score (nSPS) is 36.2. The van der Waals surface area contributed by atoms with E-state index in [9.17, 15) is 0 Å². The summed E-state index contributed by atoms with van der Waals surface area (Å²) in [7, 11) is 0. The molecule has 0 spiro atoms. The summed E-state index contributed by atoms with van der Waals surface area (Å²) in [6, 6.07) is 0. The molecule has 2 nitrogen and oxygen atoms in total. The van der Waals surface area contributed by atoms with Gasteiger partial charge < -0.3 is 9.47 Å². The summed E-state index contributed by atoms with van der Waals surface area (Å²) in [5, 5.41) is 0. The monoisotopic (exact) mass is 154 g/mol. The highest BCUT2D eigenvalue weighted by atomic mass is 16.6. The van der Waals surface area contributed by atoms with Crippen LogP contribution in [0.2, 0.25) is 0 Å². The van der Waals surface area contributed by atoms with Gasteiger partial charge in [0, 0.05) is 11.8 Å². The zero-order valence-corrected chi connectivity index (χ0v) is 7.09. The second kappa shape index (κ2) is 2.43. The Labute approximate surface area is 67.2 Å². The van der Waals surface area contributed by atoms with E-state index >= 15 is 0 Å². The first kappa shape index (κ1) is 7.01. The largest absolute Gasteiger partial charge is 0.491 e. The van der Waals surface area contributed by atoms with Gasteiger partial charge in [0.05, 0.1) is 0 Å². The molecule has 0 aromatic carbocycles. The van der Waals surface area contributed by atoms with E-state index in [2.05, 4.69) is 13.8 Å². The van der Waals surface area contributed by atoms with Gasteiger partial charge in [0.25, 0.3) is 0 Å². The number of hydrogen-bond acceptors (Lipinski definition) is 2. The van der Waals surface area contributed by atoms with Crippen molar-refractivity contribution in [3.05, 3.63) is 11.5 Å². The maximum Gasteiger partial charge on any atom is 0.137 e. The Morgan fingerprint density at radius 1 is 1.00 bits per heavy atom. The van der Waals surface area contributed by atoms with Gasteiger partial charge in [-0.25, -0.2) is 0 Å². The SMILES string of the molecule is CC1CC(C)C2=C1OCCO2. The third-order valence-corrected chi connectivity index (χ3v) is 2.44. The molecule has 1 aliphatic heterocycles. The van der Waals surface area contributed by atoms with E-state index in [4.69, 9.17) is 9.47 Å². The van der Waals surface area contributed by atoms with Crippen molar-refractivity contribution < 1.29 is 9.47 Å². The van der Waals surface area contributed by atoms with Crippen LogP contribution in [0.1, 0.15) is 20.3 Å². The summed E-state index contributed by atoms with van der Waals surface area (Å²) in [5.41, 5.74) is 0. The average Bonchev–Trinajstić information content (AvgIpc) is 2.30. The first-order valence-electron chi connectivity index (χ1n) is 4.28. The van der Waals surface area contributed by atoms with Crippen LogP contribution in [0.4, 0.5) is 0 Å². The molecule has 0 aromatic rings. The highest BCUT2D eigenvalue weighted by Gasteiger charge is 2.33. The molecule has 2 aliphatic rings. The van der Waals surface area contributed by atoms with Crippen LogP contribution >= 0.6 is 0 Å². The Bertz CT molecular complexity index is 176. The fourth-order valence-corrected chi connectivity index (χ4v) is 1.96. The number of hydrogen-bond donors (Lipinski definition) is 0. The Morgan fingerprint density at radius 3 is 1.91 bits per heavy atom. The van der Waals surface area contributed by atoms with Crippen LogP contribution in [-0.2, 0) is 9.47 Å². The van der Waals surface area contributed by atoms with Crippen LogP contribution in [0.3, 0.4) is 0 Å². The minimum absolute atomic E-state index is 0.570. The molecule has 2 atom stereocenters. The molecule has 0 amide bonds. The maximum atomic E-state index is 5.54. The first-order valence-corrected chi connectivity index (χ1v) is 4.28. The fraction of sp³-hybridized carbons (Fsp3) is 0.778. The number of allylic oxidation sites excluding steroid dienone is 2. The van der Waals surface area contributed by atoms with Gasteiger partial charge in [-0.05, 0) is 6.42 Å². The lowest BCUT2D eigenvalue weighted by Crippen LogP contribution is -2.14. The molecule has 62 valence electrons. The molecule has 0 saturated heterocycles. The molecule has 0 radical (unpaired) electrons. The molecule has 0 bridgehead atoms. The zero-order valence-electron chi connectivity index (χ0n) is 7.09. The molecule has 0 fully saturated rings. The third kappa shape index (κ3) is 1.01. The lowest BCUT2D eigenvalue weighted by molar-refractivity contribution is 0.0528. The van der Waals surface area contributed by atoms with E-state index < -0.39 is 0 Å². The van der Waals surface area contributed by atoms with Crippen molar-refractivity contribution in [1.82, 2.24) is 0 Å². The second-order valence-electron chi connectivity index (χ2n) is 3.46. The van der Waals surface area contributed by atoms with E-state index in [0.29, 0.717) is 11.8 Å². The number of ether oxygens (including phenoxy) is 2. The van der Waals surface area contributed by atoms with Crippen LogP contribution in [0.15, 0.2) is 11.5 Å². The maximum absolute atomic E-state index is 5.54. The van der Waals surface area contributed by atoms with Crippen molar-refractivity contribution in [1.29, 1.82) is 0 Å².